The Bertz CT molecular complexity index is 1570. The monoisotopic (exact) mass is 659 g/mol. The Morgan fingerprint density at radius 1 is 0.923 bits per heavy atom. The van der Waals surface area contributed by atoms with Crippen molar-refractivity contribution < 1.29 is 4.79 Å². The largest absolute Gasteiger partial charge is 0.358 e. The van der Waals surface area contributed by atoms with Gasteiger partial charge >= 0.3 is 0 Å². The molecule has 4 aromatic carbocycles. The Morgan fingerprint density at radius 2 is 1.62 bits per heavy atom. The van der Waals surface area contributed by atoms with Crippen LogP contribution in [0, 0.1) is 0 Å². The summed E-state index contributed by atoms with van der Waals surface area (Å²) in [5.74, 6) is 0.00420. The first-order valence-electron chi connectivity index (χ1n) is 12.6. The van der Waals surface area contributed by atoms with Crippen LogP contribution in [0.25, 0.3) is 5.57 Å². The van der Waals surface area contributed by atoms with Gasteiger partial charge in [0.15, 0.2) is 0 Å². The summed E-state index contributed by atoms with van der Waals surface area (Å²) in [5.41, 5.74) is 6.79. The van der Waals surface area contributed by atoms with Crippen LogP contribution in [0.2, 0.25) is 0 Å². The normalized spacial score (nSPS) is 17.0. The van der Waals surface area contributed by atoms with Gasteiger partial charge < -0.3 is 15.1 Å². The van der Waals surface area contributed by atoms with Gasteiger partial charge in [0.25, 0.3) is 0 Å². The summed E-state index contributed by atoms with van der Waals surface area (Å²) in [7, 11) is 2.17. The van der Waals surface area contributed by atoms with E-state index in [1.54, 1.807) is 11.8 Å². The van der Waals surface area contributed by atoms with Crippen molar-refractivity contribution in [2.75, 3.05) is 26.6 Å². The van der Waals surface area contributed by atoms with Gasteiger partial charge in [-0.1, -0.05) is 94.6 Å². The highest BCUT2D eigenvalue weighted by atomic mass is 127. The maximum Gasteiger partial charge on any atom is 0.234 e. The van der Waals surface area contributed by atoms with E-state index in [9.17, 15) is 4.79 Å². The quantitative estimate of drug-likeness (QED) is 0.165. The Morgan fingerprint density at radius 3 is 2.36 bits per heavy atom. The van der Waals surface area contributed by atoms with E-state index in [1.807, 2.05) is 23.9 Å². The predicted molar refractivity (Wildman–Crippen MR) is 175 cm³/mol. The van der Waals surface area contributed by atoms with Gasteiger partial charge in [-0.15, -0.1) is 0 Å². The van der Waals surface area contributed by atoms with Crippen LogP contribution in [-0.2, 0) is 4.79 Å². The molecular weight excluding hydrogens is 633 g/mol. The van der Waals surface area contributed by atoms with Crippen LogP contribution in [-0.4, -0.2) is 22.8 Å². The maximum absolute atomic E-state index is 11.8. The number of fused-ring (bicyclic) bond motifs is 2. The van der Waals surface area contributed by atoms with Crippen LogP contribution < -0.4 is 15.1 Å². The number of allylic oxidation sites excluding steroid dienone is 2. The lowest BCUT2D eigenvalue weighted by molar-refractivity contribution is -0.113. The molecule has 4 aromatic rings. The lowest BCUT2D eigenvalue weighted by Crippen LogP contribution is -2.24. The topological polar surface area (TPSA) is 35.6 Å². The van der Waals surface area contributed by atoms with Crippen LogP contribution in [0.4, 0.5) is 22.7 Å². The van der Waals surface area contributed by atoms with Crippen molar-refractivity contribution in [3.8, 4) is 0 Å². The minimum Gasteiger partial charge on any atom is -0.358 e. The molecule has 0 radical (unpaired) electrons. The van der Waals surface area contributed by atoms with Crippen molar-refractivity contribution in [2.24, 2.45) is 0 Å². The number of benzene rings is 4. The number of hydrogen-bond donors (Lipinski definition) is 1. The van der Waals surface area contributed by atoms with Crippen LogP contribution in [0.3, 0.4) is 0 Å². The number of nitrogens with zero attached hydrogens (tertiary/aromatic N) is 2. The molecule has 1 N–H and O–H groups in total. The molecule has 6 rings (SSSR count). The van der Waals surface area contributed by atoms with Crippen LogP contribution >= 0.6 is 46.1 Å². The number of halogens is 1. The van der Waals surface area contributed by atoms with Gasteiger partial charge in [-0.05, 0) is 72.3 Å². The highest BCUT2D eigenvalue weighted by molar-refractivity contribution is 14.1. The summed E-state index contributed by atoms with van der Waals surface area (Å²) in [6, 6.07) is 35.8. The zero-order valence-corrected chi connectivity index (χ0v) is 25.0. The molecule has 0 saturated heterocycles. The highest BCUT2D eigenvalue weighted by Crippen LogP contribution is 2.48. The first kappa shape index (κ1) is 26.1. The zero-order valence-electron chi connectivity index (χ0n) is 21.3. The van der Waals surface area contributed by atoms with Crippen LogP contribution in [0.15, 0.2) is 130 Å². The molecular formula is C32H26IN3OS2. The van der Waals surface area contributed by atoms with E-state index in [0.29, 0.717) is 4.43 Å². The third kappa shape index (κ3) is 5.48. The number of rotatable bonds is 6. The van der Waals surface area contributed by atoms with E-state index >= 15 is 0 Å². The van der Waals surface area contributed by atoms with Crippen molar-refractivity contribution in [3.63, 3.8) is 0 Å². The van der Waals surface area contributed by atoms with Crippen molar-refractivity contribution in [2.45, 2.75) is 15.2 Å². The Kier molecular flexibility index (Phi) is 7.72. The summed E-state index contributed by atoms with van der Waals surface area (Å²) < 4.78 is 0.432. The molecule has 0 aliphatic carbocycles. The first-order valence-corrected chi connectivity index (χ1v) is 15.8. The average Bonchev–Trinajstić information content (AvgIpc) is 3.29. The van der Waals surface area contributed by atoms with Crippen molar-refractivity contribution >= 4 is 80.3 Å². The number of alkyl halides is 1. The van der Waals surface area contributed by atoms with Crippen LogP contribution in [0.5, 0.6) is 0 Å². The second kappa shape index (κ2) is 11.5. The summed E-state index contributed by atoms with van der Waals surface area (Å²) in [4.78, 5) is 18.9. The van der Waals surface area contributed by atoms with E-state index in [4.69, 9.17) is 0 Å². The predicted octanol–water partition coefficient (Wildman–Crippen LogP) is 8.80. The van der Waals surface area contributed by atoms with Gasteiger partial charge in [0, 0.05) is 33.8 Å². The molecule has 1 unspecified atom stereocenters. The number of hydrogen-bond acceptors (Lipinski definition) is 5. The van der Waals surface area contributed by atoms with E-state index in [1.165, 1.54) is 21.7 Å². The number of thioether (sulfide) groups is 2. The van der Waals surface area contributed by atoms with Gasteiger partial charge in [-0.3, -0.25) is 4.79 Å². The molecule has 2 aliphatic heterocycles. The number of carbonyl (C=O) groups excluding carboxylic acids is 1. The third-order valence-corrected chi connectivity index (χ3v) is 9.65. The van der Waals surface area contributed by atoms with E-state index in [-0.39, 0.29) is 11.3 Å². The fraction of sp³-hybridized carbons (Fsp3) is 0.0938. The number of likely N-dealkylation sites (N-methyl/N-ethyl adjacent to an activating group) is 1. The van der Waals surface area contributed by atoms with Crippen molar-refractivity contribution in [3.05, 3.63) is 126 Å². The molecule has 1 amide bonds. The Labute approximate surface area is 251 Å². The Hall–Kier alpha value is -3.14. The first-order chi connectivity index (χ1) is 19.1. The van der Waals surface area contributed by atoms with E-state index < -0.39 is 0 Å². The van der Waals surface area contributed by atoms with Gasteiger partial charge in [0.05, 0.1) is 26.2 Å². The maximum atomic E-state index is 11.8. The summed E-state index contributed by atoms with van der Waals surface area (Å²) in [6.45, 7) is 0. The minimum absolute atomic E-state index is 0.00420. The number of amides is 1. The summed E-state index contributed by atoms with van der Waals surface area (Å²) in [5, 5.41) is 4.26. The fourth-order valence-electron chi connectivity index (χ4n) is 4.78. The molecule has 0 aromatic heterocycles. The summed E-state index contributed by atoms with van der Waals surface area (Å²) >= 11 is 5.69. The number of anilines is 4. The molecule has 39 heavy (non-hydrogen) atoms. The van der Waals surface area contributed by atoms with E-state index in [2.05, 4.69) is 148 Å². The van der Waals surface area contributed by atoms with Gasteiger partial charge in [-0.25, -0.2) is 0 Å². The third-order valence-electron chi connectivity index (χ3n) is 6.65. The molecule has 4 nitrogen and oxygen atoms in total. The van der Waals surface area contributed by atoms with Gasteiger partial charge in [-0.2, -0.15) is 0 Å². The lowest BCUT2D eigenvalue weighted by atomic mass is 9.98. The molecule has 2 heterocycles. The molecule has 194 valence electrons. The number of para-hydroxylation sites is 3. The summed E-state index contributed by atoms with van der Waals surface area (Å²) in [6.07, 6.45) is 4.69. The molecule has 0 fully saturated rings. The molecule has 1 atom stereocenters. The van der Waals surface area contributed by atoms with Gasteiger partial charge in [0.2, 0.25) is 5.91 Å². The minimum atomic E-state index is 0.00420. The average molecular weight is 660 g/mol. The van der Waals surface area contributed by atoms with Crippen molar-refractivity contribution in [1.29, 1.82) is 0 Å². The number of carbonyl (C=O) groups is 1. The Balaban J connectivity index is 1.40. The molecule has 2 aliphatic rings. The molecule has 7 heteroatoms. The second-order valence-corrected chi connectivity index (χ2v) is 12.2. The molecule has 0 spiro atoms. The van der Waals surface area contributed by atoms with E-state index in [0.717, 1.165) is 27.0 Å². The number of nitrogens with one attached hydrogen (secondary N) is 1. The fourth-order valence-corrected chi connectivity index (χ4v) is 7.20. The standard InChI is InChI=1S/C32H26IN3OS2/c1-35-28-13-7-8-14-29(28)39-31(35)19-22-20-32(38-25-17-15-23(16-18-25)34-30(37)21-33)36(24-9-3-2-4-10-24)27-12-6-5-11-26(22)27/h2-20,31H,21H2,1H3,(H,34,37). The highest BCUT2D eigenvalue weighted by Gasteiger charge is 2.29. The molecule has 0 bridgehead atoms. The molecule has 0 saturated carbocycles. The SMILES string of the molecule is CN1c2ccccc2SC1C=C1C=C(Sc2ccc(NC(=O)CI)cc2)N(c2ccccc2)c2ccccc21. The second-order valence-electron chi connectivity index (χ2n) is 9.19. The smallest absolute Gasteiger partial charge is 0.234 e. The van der Waals surface area contributed by atoms with Gasteiger partial charge in [0.1, 0.15) is 0 Å². The zero-order chi connectivity index (χ0) is 26.8. The van der Waals surface area contributed by atoms with Crippen LogP contribution in [0.1, 0.15) is 5.56 Å². The lowest BCUT2D eigenvalue weighted by Gasteiger charge is -2.33. The van der Waals surface area contributed by atoms with Crippen molar-refractivity contribution in [1.82, 2.24) is 0 Å².